The summed E-state index contributed by atoms with van der Waals surface area (Å²) in [7, 11) is 0. The van der Waals surface area contributed by atoms with Crippen LogP contribution in [-0.2, 0) is 6.42 Å². The zero-order valence-corrected chi connectivity index (χ0v) is 12.6. The Morgan fingerprint density at radius 3 is 2.67 bits per heavy atom. The molecular weight excluding hydrogens is 272 g/mol. The molecule has 1 heteroatoms. The molecule has 0 amide bonds. The number of fused-ring (bicyclic) bond motifs is 7. The Labute approximate surface area is 129 Å². The van der Waals surface area contributed by atoms with Crippen molar-refractivity contribution in [1.82, 2.24) is 0 Å². The van der Waals surface area contributed by atoms with Gasteiger partial charge in [0.2, 0.25) is 0 Å². The Morgan fingerprint density at radius 2 is 1.67 bits per heavy atom. The van der Waals surface area contributed by atoms with Crippen molar-refractivity contribution in [1.29, 1.82) is 0 Å². The molecule has 3 aromatic rings. The van der Waals surface area contributed by atoms with Gasteiger partial charge < -0.3 is 0 Å². The van der Waals surface area contributed by atoms with Crippen molar-refractivity contribution in [3.05, 3.63) is 77.4 Å². The van der Waals surface area contributed by atoms with Gasteiger partial charge in [-0.15, -0.1) is 11.8 Å². The summed E-state index contributed by atoms with van der Waals surface area (Å²) >= 11 is 2.09. The van der Waals surface area contributed by atoms with Gasteiger partial charge in [-0.2, -0.15) is 0 Å². The Kier molecular flexibility index (Phi) is 2.48. The van der Waals surface area contributed by atoms with E-state index in [4.69, 9.17) is 0 Å². The van der Waals surface area contributed by atoms with Crippen LogP contribution in [0.4, 0.5) is 0 Å². The van der Waals surface area contributed by atoms with Crippen molar-refractivity contribution in [2.45, 2.75) is 28.9 Å². The molecule has 0 spiro atoms. The summed E-state index contributed by atoms with van der Waals surface area (Å²) < 4.78 is 0. The lowest BCUT2D eigenvalue weighted by atomic mass is 9.80. The highest BCUT2D eigenvalue weighted by molar-refractivity contribution is 8.00. The van der Waals surface area contributed by atoms with E-state index in [2.05, 4.69) is 72.4 Å². The maximum Gasteiger partial charge on any atom is 0.0416 e. The van der Waals surface area contributed by atoms with Crippen molar-refractivity contribution in [2.24, 2.45) is 0 Å². The van der Waals surface area contributed by atoms with Crippen LogP contribution in [0, 0.1) is 0 Å². The quantitative estimate of drug-likeness (QED) is 0.510. The van der Waals surface area contributed by atoms with Crippen molar-refractivity contribution >= 4 is 22.5 Å². The SMILES string of the molecule is c1ccc2c(c1)CCC1c3ccc4ccccc4c3SC21. The van der Waals surface area contributed by atoms with E-state index in [1.165, 1.54) is 28.5 Å². The average molecular weight is 288 g/mol. The second-order valence-corrected chi connectivity index (χ2v) is 7.24. The highest BCUT2D eigenvalue weighted by atomic mass is 32.2. The molecule has 0 saturated carbocycles. The van der Waals surface area contributed by atoms with E-state index in [1.54, 1.807) is 16.7 Å². The lowest BCUT2D eigenvalue weighted by Crippen LogP contribution is -2.13. The van der Waals surface area contributed by atoms with Crippen LogP contribution in [0.2, 0.25) is 0 Å². The maximum absolute atomic E-state index is 2.38. The molecule has 1 aliphatic heterocycles. The Morgan fingerprint density at radius 1 is 0.810 bits per heavy atom. The topological polar surface area (TPSA) is 0 Å². The van der Waals surface area contributed by atoms with Crippen molar-refractivity contribution in [3.8, 4) is 0 Å². The van der Waals surface area contributed by atoms with E-state index >= 15 is 0 Å². The van der Waals surface area contributed by atoms with Crippen molar-refractivity contribution in [2.75, 3.05) is 0 Å². The lowest BCUT2D eigenvalue weighted by Gasteiger charge is -2.27. The van der Waals surface area contributed by atoms with Gasteiger partial charge in [-0.3, -0.25) is 0 Å². The van der Waals surface area contributed by atoms with E-state index in [-0.39, 0.29) is 0 Å². The van der Waals surface area contributed by atoms with Gasteiger partial charge in [-0.05, 0) is 40.3 Å². The molecule has 102 valence electrons. The zero-order valence-electron chi connectivity index (χ0n) is 11.8. The third kappa shape index (κ3) is 1.64. The third-order valence-corrected chi connectivity index (χ3v) is 6.53. The number of hydrogen-bond donors (Lipinski definition) is 0. The second kappa shape index (κ2) is 4.38. The van der Waals surface area contributed by atoms with Crippen LogP contribution < -0.4 is 0 Å². The first-order chi connectivity index (χ1) is 10.4. The molecule has 0 radical (unpaired) electrons. The molecule has 3 aromatic carbocycles. The number of thioether (sulfide) groups is 1. The Hall–Kier alpha value is -1.73. The van der Waals surface area contributed by atoms with E-state index in [9.17, 15) is 0 Å². The highest BCUT2D eigenvalue weighted by Gasteiger charge is 2.38. The number of hydrogen-bond acceptors (Lipinski definition) is 1. The van der Waals surface area contributed by atoms with Crippen LogP contribution in [0.25, 0.3) is 10.8 Å². The molecule has 5 rings (SSSR count). The van der Waals surface area contributed by atoms with E-state index < -0.39 is 0 Å². The lowest BCUT2D eigenvalue weighted by molar-refractivity contribution is 0.581. The molecule has 2 aliphatic rings. The maximum atomic E-state index is 2.38. The normalized spacial score (nSPS) is 22.7. The van der Waals surface area contributed by atoms with Crippen LogP contribution in [0.1, 0.15) is 34.3 Å². The second-order valence-electron chi connectivity index (χ2n) is 6.09. The highest BCUT2D eigenvalue weighted by Crippen LogP contribution is 2.60. The molecule has 1 aliphatic carbocycles. The third-order valence-electron chi connectivity index (χ3n) is 5.01. The molecule has 0 fully saturated rings. The molecule has 1 heterocycles. The van der Waals surface area contributed by atoms with Crippen LogP contribution in [0.5, 0.6) is 0 Å². The Bertz CT molecular complexity index is 849. The number of aryl methyl sites for hydroxylation is 1. The largest absolute Gasteiger partial charge is 0.116 e. The number of benzene rings is 3. The van der Waals surface area contributed by atoms with Crippen LogP contribution in [0.15, 0.2) is 65.6 Å². The van der Waals surface area contributed by atoms with Gasteiger partial charge in [0, 0.05) is 16.1 Å². The molecule has 0 N–H and O–H groups in total. The van der Waals surface area contributed by atoms with E-state index in [0.717, 1.165) is 0 Å². The predicted octanol–water partition coefficient (Wildman–Crippen LogP) is 5.72. The first-order valence-electron chi connectivity index (χ1n) is 7.68. The summed E-state index contributed by atoms with van der Waals surface area (Å²) in [4.78, 5) is 1.53. The average Bonchev–Trinajstić information content (AvgIpc) is 2.94. The first kappa shape index (κ1) is 11.9. The molecule has 21 heavy (non-hydrogen) atoms. The van der Waals surface area contributed by atoms with Gasteiger partial charge in [0.25, 0.3) is 0 Å². The summed E-state index contributed by atoms with van der Waals surface area (Å²) in [5, 5.41) is 3.43. The summed E-state index contributed by atoms with van der Waals surface area (Å²) in [5.74, 6) is 0.699. The minimum atomic E-state index is 0.621. The molecule has 0 aromatic heterocycles. The Balaban J connectivity index is 1.72. The van der Waals surface area contributed by atoms with E-state index in [1.807, 2.05) is 0 Å². The standard InChI is InChI=1S/C20H16S/c1-3-7-15-13(5-1)9-11-17-18-12-10-14-6-2-4-8-16(14)20(18)21-19(15)17/h1-9,11,18,20H,10,12H2. The van der Waals surface area contributed by atoms with Crippen LogP contribution in [-0.4, -0.2) is 0 Å². The van der Waals surface area contributed by atoms with E-state index in [0.29, 0.717) is 11.2 Å². The fraction of sp³-hybridized carbons (Fsp3) is 0.200. The molecule has 0 bridgehead atoms. The van der Waals surface area contributed by atoms with Crippen LogP contribution in [0.3, 0.4) is 0 Å². The fourth-order valence-corrected chi connectivity index (χ4v) is 5.72. The van der Waals surface area contributed by atoms with Gasteiger partial charge in [0.1, 0.15) is 0 Å². The van der Waals surface area contributed by atoms with Gasteiger partial charge >= 0.3 is 0 Å². The summed E-state index contributed by atoms with van der Waals surface area (Å²) in [6.07, 6.45) is 2.52. The van der Waals surface area contributed by atoms with Crippen molar-refractivity contribution < 1.29 is 0 Å². The first-order valence-corrected chi connectivity index (χ1v) is 8.56. The summed E-state index contributed by atoms with van der Waals surface area (Å²) in [6.45, 7) is 0. The van der Waals surface area contributed by atoms with Gasteiger partial charge in [0.15, 0.2) is 0 Å². The summed E-state index contributed by atoms with van der Waals surface area (Å²) in [6, 6.07) is 22.5. The molecule has 2 atom stereocenters. The van der Waals surface area contributed by atoms with Crippen LogP contribution >= 0.6 is 11.8 Å². The van der Waals surface area contributed by atoms with Crippen molar-refractivity contribution in [3.63, 3.8) is 0 Å². The predicted molar refractivity (Wildman–Crippen MR) is 90.1 cm³/mol. The molecular formula is C20H16S. The van der Waals surface area contributed by atoms with Gasteiger partial charge in [-0.1, -0.05) is 60.7 Å². The summed E-state index contributed by atoms with van der Waals surface area (Å²) in [5.41, 5.74) is 4.71. The zero-order chi connectivity index (χ0) is 13.8. The molecule has 0 saturated heterocycles. The smallest absolute Gasteiger partial charge is 0.0416 e. The van der Waals surface area contributed by atoms with Gasteiger partial charge in [-0.25, -0.2) is 0 Å². The minimum Gasteiger partial charge on any atom is -0.116 e. The molecule has 0 nitrogen and oxygen atoms in total. The monoisotopic (exact) mass is 288 g/mol. The van der Waals surface area contributed by atoms with Gasteiger partial charge in [0.05, 0.1) is 0 Å². The fourth-order valence-electron chi connectivity index (χ4n) is 3.99. The molecule has 2 unspecified atom stereocenters. The minimum absolute atomic E-state index is 0.621. The number of rotatable bonds is 0.